The van der Waals surface area contributed by atoms with Crippen LogP contribution in [0.15, 0.2) is 34.0 Å². The van der Waals surface area contributed by atoms with E-state index in [-0.39, 0.29) is 18.4 Å². The highest BCUT2D eigenvalue weighted by molar-refractivity contribution is 5.43. The normalized spacial score (nSPS) is 24.0. The Labute approximate surface area is 175 Å². The molecule has 12 heteroatoms. The summed E-state index contributed by atoms with van der Waals surface area (Å²) in [4.78, 5) is 36.7. The van der Waals surface area contributed by atoms with E-state index < -0.39 is 40.3 Å². The van der Waals surface area contributed by atoms with E-state index in [9.17, 15) is 29.9 Å². The molecule has 31 heavy (non-hydrogen) atoms. The molecule has 0 amide bonds. The fourth-order valence-electron chi connectivity index (χ4n) is 3.74. The maximum atomic E-state index is 12.6. The molecule has 1 fully saturated rings. The van der Waals surface area contributed by atoms with Gasteiger partial charge in [-0.3, -0.25) is 24.5 Å². The molecule has 0 bridgehead atoms. The largest absolute Gasteiger partial charge is 0.493 e. The van der Waals surface area contributed by atoms with Gasteiger partial charge in [0, 0.05) is 24.6 Å². The summed E-state index contributed by atoms with van der Waals surface area (Å²) in [6, 6.07) is 4.95. The maximum Gasteiger partial charge on any atom is 0.341 e. The molecular weight excluding hydrogens is 414 g/mol. The third kappa shape index (κ3) is 4.17. The molecule has 1 aromatic carbocycles. The molecule has 168 valence electrons. The van der Waals surface area contributed by atoms with Gasteiger partial charge in [0.15, 0.2) is 23.3 Å². The first-order chi connectivity index (χ1) is 14.6. The number of aromatic amines is 1. The average Bonchev–Trinajstić information content (AvgIpc) is 3.06. The molecule has 1 unspecified atom stereocenters. The molecule has 1 aliphatic heterocycles. The van der Waals surface area contributed by atoms with Crippen molar-refractivity contribution in [1.82, 2.24) is 9.55 Å². The van der Waals surface area contributed by atoms with Gasteiger partial charge in [0.05, 0.1) is 25.2 Å². The zero-order valence-corrected chi connectivity index (χ0v) is 17.1. The first-order valence-corrected chi connectivity index (χ1v) is 9.33. The first-order valence-electron chi connectivity index (χ1n) is 9.33. The summed E-state index contributed by atoms with van der Waals surface area (Å²) in [5.74, 6) is 0.868. The van der Waals surface area contributed by atoms with E-state index in [2.05, 4.69) is 4.98 Å². The molecule has 1 saturated heterocycles. The van der Waals surface area contributed by atoms with Crippen molar-refractivity contribution in [1.29, 1.82) is 0 Å². The number of aryl methyl sites for hydroxylation is 1. The fourth-order valence-corrected chi connectivity index (χ4v) is 3.74. The Morgan fingerprint density at radius 2 is 2.03 bits per heavy atom. The quantitative estimate of drug-likeness (QED) is 0.294. The minimum atomic E-state index is -2.21. The number of methoxy groups -OCH3 is 2. The number of nitro groups is 1. The molecule has 3 N–H and O–H groups in total. The molecule has 0 saturated carbocycles. The van der Waals surface area contributed by atoms with E-state index in [4.69, 9.17) is 14.2 Å². The average molecular weight is 437 g/mol. The van der Waals surface area contributed by atoms with Gasteiger partial charge < -0.3 is 24.4 Å². The van der Waals surface area contributed by atoms with Gasteiger partial charge in [-0.15, -0.1) is 0 Å². The zero-order valence-electron chi connectivity index (χ0n) is 17.1. The van der Waals surface area contributed by atoms with Crippen LogP contribution in [0.3, 0.4) is 0 Å². The number of H-pyrrole nitrogens is 1. The van der Waals surface area contributed by atoms with Gasteiger partial charge in [-0.05, 0) is 24.6 Å². The van der Waals surface area contributed by atoms with E-state index in [0.29, 0.717) is 17.1 Å². The van der Waals surface area contributed by atoms with E-state index in [1.54, 1.807) is 18.2 Å². The molecule has 0 aliphatic carbocycles. The van der Waals surface area contributed by atoms with Gasteiger partial charge in [-0.1, -0.05) is 6.07 Å². The van der Waals surface area contributed by atoms with Gasteiger partial charge in [0.2, 0.25) is 0 Å². The van der Waals surface area contributed by atoms with Gasteiger partial charge in [0.1, 0.15) is 0 Å². The summed E-state index contributed by atoms with van der Waals surface area (Å²) in [5, 5.41) is 31.4. The molecular formula is C19H23N3O9. The summed E-state index contributed by atoms with van der Waals surface area (Å²) in [7, 11) is 2.92. The van der Waals surface area contributed by atoms with Crippen LogP contribution in [0.4, 0.5) is 0 Å². The molecule has 2 aromatic rings. The predicted molar refractivity (Wildman–Crippen MR) is 106 cm³/mol. The number of ether oxygens (including phenoxy) is 3. The number of nitrogens with zero attached hydrogens (tertiary/aromatic N) is 2. The summed E-state index contributed by atoms with van der Waals surface area (Å²) in [6.07, 6.45) is -4.26. The molecule has 1 aliphatic rings. The SMILES string of the molecule is COc1ccc(C[C@]2(n3cc(C)c(=O)[nH]c3=O)C[C@H](O)[C@@H](C(O)[N+](=O)[O-])O2)cc1OC. The Kier molecular flexibility index (Phi) is 6.15. The van der Waals surface area contributed by atoms with Crippen molar-refractivity contribution < 1.29 is 29.3 Å². The van der Waals surface area contributed by atoms with E-state index in [0.717, 1.165) is 4.57 Å². The van der Waals surface area contributed by atoms with Crippen molar-refractivity contribution in [3.05, 3.63) is 66.5 Å². The van der Waals surface area contributed by atoms with Crippen molar-refractivity contribution in [2.75, 3.05) is 14.2 Å². The lowest BCUT2D eigenvalue weighted by molar-refractivity contribution is -0.586. The van der Waals surface area contributed by atoms with Crippen molar-refractivity contribution in [3.8, 4) is 11.5 Å². The number of aliphatic hydroxyl groups is 2. The smallest absolute Gasteiger partial charge is 0.341 e. The van der Waals surface area contributed by atoms with Crippen molar-refractivity contribution >= 4 is 0 Å². The lowest BCUT2D eigenvalue weighted by atomic mass is 9.97. The molecule has 3 rings (SSSR count). The highest BCUT2D eigenvalue weighted by Gasteiger charge is 2.53. The lowest BCUT2D eigenvalue weighted by Gasteiger charge is -2.31. The van der Waals surface area contributed by atoms with Crippen LogP contribution in [0.25, 0.3) is 0 Å². The van der Waals surface area contributed by atoms with Crippen LogP contribution in [0.5, 0.6) is 11.5 Å². The van der Waals surface area contributed by atoms with E-state index in [1.165, 1.54) is 27.3 Å². The molecule has 1 aromatic heterocycles. The second-order valence-electron chi connectivity index (χ2n) is 7.31. The lowest BCUT2D eigenvalue weighted by Crippen LogP contribution is -2.47. The van der Waals surface area contributed by atoms with Gasteiger partial charge in [0.25, 0.3) is 5.56 Å². The highest BCUT2D eigenvalue weighted by atomic mass is 16.7. The van der Waals surface area contributed by atoms with Crippen LogP contribution >= 0.6 is 0 Å². The number of aliphatic hydroxyl groups excluding tert-OH is 2. The number of nitrogens with one attached hydrogen (secondary N) is 1. The monoisotopic (exact) mass is 437 g/mol. The Balaban J connectivity index is 2.13. The topological polar surface area (TPSA) is 166 Å². The van der Waals surface area contributed by atoms with Crippen LogP contribution in [0.1, 0.15) is 17.5 Å². The first kappa shape index (κ1) is 22.5. The summed E-state index contributed by atoms with van der Waals surface area (Å²) < 4.78 is 17.4. The van der Waals surface area contributed by atoms with Gasteiger partial charge in [-0.25, -0.2) is 4.79 Å². The fraction of sp³-hybridized carbons (Fsp3) is 0.474. The maximum absolute atomic E-state index is 12.6. The summed E-state index contributed by atoms with van der Waals surface area (Å²) in [6.45, 7) is 1.48. The van der Waals surface area contributed by atoms with Crippen LogP contribution in [0, 0.1) is 17.0 Å². The summed E-state index contributed by atoms with van der Waals surface area (Å²) in [5.41, 5.74) is -2.24. The standard InChI is InChI=1S/C19H23N3O9/c1-10-9-21(18(26)20-16(10)24)19(8-12(23)15(31-19)17(25)22(27)28)7-11-4-5-13(29-2)14(6-11)30-3/h4-6,9,12,15,17,23,25H,7-8H2,1-3H3,(H,20,24,26)/t12-,15-,17?,19+/m0/s1. The Morgan fingerprint density at radius 1 is 1.35 bits per heavy atom. The third-order valence-electron chi connectivity index (χ3n) is 5.26. The van der Waals surface area contributed by atoms with Crippen molar-refractivity contribution in [2.24, 2.45) is 0 Å². The minimum absolute atomic E-state index is 0.0310. The minimum Gasteiger partial charge on any atom is -0.493 e. The number of hydrogen-bond donors (Lipinski definition) is 3. The Bertz CT molecular complexity index is 1100. The van der Waals surface area contributed by atoms with E-state index in [1.807, 2.05) is 0 Å². The van der Waals surface area contributed by atoms with E-state index >= 15 is 0 Å². The zero-order chi connectivity index (χ0) is 22.9. The highest BCUT2D eigenvalue weighted by Crippen LogP contribution is 2.40. The molecule has 12 nitrogen and oxygen atoms in total. The summed E-state index contributed by atoms with van der Waals surface area (Å²) >= 11 is 0. The number of rotatable bonds is 7. The van der Waals surface area contributed by atoms with Crippen molar-refractivity contribution in [2.45, 2.75) is 43.9 Å². The molecule has 2 heterocycles. The predicted octanol–water partition coefficient (Wildman–Crippen LogP) is -0.497. The van der Waals surface area contributed by atoms with Gasteiger partial charge in [-0.2, -0.15) is 0 Å². The van der Waals surface area contributed by atoms with Crippen molar-refractivity contribution in [3.63, 3.8) is 0 Å². The molecule has 0 radical (unpaired) electrons. The Morgan fingerprint density at radius 3 is 2.65 bits per heavy atom. The second-order valence-corrected chi connectivity index (χ2v) is 7.31. The number of aromatic nitrogens is 2. The van der Waals surface area contributed by atoms with Crippen LogP contribution < -0.4 is 20.7 Å². The second kappa shape index (κ2) is 8.49. The van der Waals surface area contributed by atoms with Crippen LogP contribution in [0.2, 0.25) is 0 Å². The third-order valence-corrected chi connectivity index (χ3v) is 5.26. The van der Waals surface area contributed by atoms with Crippen LogP contribution in [-0.4, -0.2) is 57.3 Å². The molecule has 0 spiro atoms. The number of benzene rings is 1. The Hall–Kier alpha value is -3.22. The van der Waals surface area contributed by atoms with Gasteiger partial charge >= 0.3 is 11.9 Å². The number of hydrogen-bond acceptors (Lipinski definition) is 9. The molecule has 4 atom stereocenters. The van der Waals surface area contributed by atoms with Crippen LogP contribution in [-0.2, 0) is 16.9 Å².